The molecule has 4 nitrogen and oxygen atoms in total. The first-order valence-electron chi connectivity index (χ1n) is 10.6. The molecule has 3 atom stereocenters. The number of piperidine rings is 1. The Bertz CT molecular complexity index is 833. The third-order valence-corrected chi connectivity index (χ3v) is 6.75. The van der Waals surface area contributed by atoms with Gasteiger partial charge in [0.05, 0.1) is 0 Å². The van der Waals surface area contributed by atoms with E-state index in [9.17, 15) is 9.90 Å². The van der Waals surface area contributed by atoms with Crippen LogP contribution >= 0.6 is 0 Å². The van der Waals surface area contributed by atoms with Crippen LogP contribution in [-0.4, -0.2) is 41.1 Å². The second-order valence-electron chi connectivity index (χ2n) is 8.54. The van der Waals surface area contributed by atoms with Gasteiger partial charge in [0, 0.05) is 24.0 Å². The number of likely N-dealkylation sites (tertiary alicyclic amines) is 1. The summed E-state index contributed by atoms with van der Waals surface area (Å²) in [5.74, 6) is -0.110. The molecule has 0 bridgehead atoms. The lowest BCUT2D eigenvalue weighted by Crippen LogP contribution is -2.46. The summed E-state index contributed by atoms with van der Waals surface area (Å²) >= 11 is 0. The number of carboxylic acid groups (broad SMARTS) is 1. The Labute approximate surface area is 166 Å². The molecule has 1 aliphatic carbocycles. The number of benzene rings is 2. The summed E-state index contributed by atoms with van der Waals surface area (Å²) in [5.41, 5.74) is 5.53. The van der Waals surface area contributed by atoms with Crippen molar-refractivity contribution >= 4 is 17.3 Å². The molecule has 5 rings (SSSR count). The first-order valence-corrected chi connectivity index (χ1v) is 10.6. The average Bonchev–Trinajstić information content (AvgIpc) is 3.49. The Balaban J connectivity index is 1.42. The fourth-order valence-corrected chi connectivity index (χ4v) is 5.21. The molecule has 2 aromatic rings. The summed E-state index contributed by atoms with van der Waals surface area (Å²) in [6.07, 6.45) is 6.25. The summed E-state index contributed by atoms with van der Waals surface area (Å²) in [5, 5.41) is 9.60. The maximum absolute atomic E-state index is 11.7. The molecule has 2 fully saturated rings. The van der Waals surface area contributed by atoms with Crippen LogP contribution in [0.1, 0.15) is 36.8 Å². The second kappa shape index (κ2) is 7.25. The van der Waals surface area contributed by atoms with Crippen molar-refractivity contribution in [2.75, 3.05) is 18.0 Å². The SMILES string of the molecule is O=C(O)C1CCCCN1CC1CC1N1c2ccccc2CCc2ccccc21. The van der Waals surface area contributed by atoms with E-state index < -0.39 is 5.97 Å². The molecule has 0 radical (unpaired) electrons. The van der Waals surface area contributed by atoms with Crippen molar-refractivity contribution in [1.29, 1.82) is 0 Å². The lowest BCUT2D eigenvalue weighted by molar-refractivity contribution is -0.144. The third kappa shape index (κ3) is 3.20. The molecule has 1 saturated heterocycles. The fourth-order valence-electron chi connectivity index (χ4n) is 5.21. The minimum Gasteiger partial charge on any atom is -0.480 e. The van der Waals surface area contributed by atoms with Gasteiger partial charge in [-0.1, -0.05) is 42.8 Å². The highest BCUT2D eigenvalue weighted by atomic mass is 16.4. The van der Waals surface area contributed by atoms with Gasteiger partial charge >= 0.3 is 5.97 Å². The largest absolute Gasteiger partial charge is 0.480 e. The van der Waals surface area contributed by atoms with E-state index in [0.717, 1.165) is 51.6 Å². The molecule has 3 unspecified atom stereocenters. The molecule has 2 heterocycles. The Morgan fingerprint density at radius 2 is 1.61 bits per heavy atom. The second-order valence-corrected chi connectivity index (χ2v) is 8.54. The van der Waals surface area contributed by atoms with Crippen LogP contribution < -0.4 is 4.90 Å². The maximum atomic E-state index is 11.7. The number of hydrogen-bond donors (Lipinski definition) is 1. The maximum Gasteiger partial charge on any atom is 0.320 e. The molecule has 146 valence electrons. The molecule has 28 heavy (non-hydrogen) atoms. The lowest BCUT2D eigenvalue weighted by Gasteiger charge is -2.34. The number of anilines is 2. The number of para-hydroxylation sites is 2. The van der Waals surface area contributed by atoms with Crippen LogP contribution in [0.4, 0.5) is 11.4 Å². The van der Waals surface area contributed by atoms with Crippen LogP contribution in [0.15, 0.2) is 48.5 Å². The van der Waals surface area contributed by atoms with Gasteiger partial charge in [-0.05, 0) is 67.8 Å². The zero-order valence-electron chi connectivity index (χ0n) is 16.3. The van der Waals surface area contributed by atoms with Gasteiger partial charge in [0.1, 0.15) is 6.04 Å². The molecular weight excluding hydrogens is 348 g/mol. The first kappa shape index (κ1) is 17.7. The fraction of sp³-hybridized carbons (Fsp3) is 0.458. The van der Waals surface area contributed by atoms with Gasteiger partial charge in [0.25, 0.3) is 0 Å². The van der Waals surface area contributed by atoms with Crippen molar-refractivity contribution in [3.63, 3.8) is 0 Å². The minimum absolute atomic E-state index is 0.293. The van der Waals surface area contributed by atoms with Gasteiger partial charge in [-0.3, -0.25) is 9.69 Å². The Kier molecular flexibility index (Phi) is 4.59. The summed E-state index contributed by atoms with van der Waals surface area (Å²) in [6, 6.07) is 17.8. The van der Waals surface area contributed by atoms with E-state index in [2.05, 4.69) is 58.3 Å². The molecule has 2 aromatic carbocycles. The minimum atomic E-state index is -0.651. The quantitative estimate of drug-likeness (QED) is 0.866. The summed E-state index contributed by atoms with van der Waals surface area (Å²) in [4.78, 5) is 16.5. The van der Waals surface area contributed by atoms with Crippen LogP contribution in [0.3, 0.4) is 0 Å². The summed E-state index contributed by atoms with van der Waals surface area (Å²) in [6.45, 7) is 1.83. The Hall–Kier alpha value is -2.33. The predicted molar refractivity (Wildman–Crippen MR) is 111 cm³/mol. The van der Waals surface area contributed by atoms with Gasteiger partial charge in [-0.2, -0.15) is 0 Å². The van der Waals surface area contributed by atoms with Crippen LogP contribution in [0, 0.1) is 5.92 Å². The number of aliphatic carboxylic acids is 1. The molecular formula is C24H28N2O2. The van der Waals surface area contributed by atoms with E-state index in [0.29, 0.717) is 12.0 Å². The van der Waals surface area contributed by atoms with Crippen molar-refractivity contribution in [3.05, 3.63) is 59.7 Å². The molecule has 4 heteroatoms. The normalized spacial score (nSPS) is 26.9. The molecule has 1 N–H and O–H groups in total. The monoisotopic (exact) mass is 376 g/mol. The first-order chi connectivity index (χ1) is 13.7. The number of carboxylic acids is 1. The van der Waals surface area contributed by atoms with Crippen molar-refractivity contribution < 1.29 is 9.90 Å². The third-order valence-electron chi connectivity index (χ3n) is 6.75. The molecule has 1 saturated carbocycles. The highest BCUT2D eigenvalue weighted by molar-refractivity contribution is 5.74. The standard InChI is InChI=1S/C24H28N2O2/c27-24(28)22-11-5-6-14-25(22)16-19-15-23(19)26-20-9-3-1-7-17(20)12-13-18-8-2-4-10-21(18)26/h1-4,7-10,19,22-23H,5-6,11-16H2,(H,27,28). The van der Waals surface area contributed by atoms with Crippen molar-refractivity contribution in [2.24, 2.45) is 5.92 Å². The lowest BCUT2D eigenvalue weighted by atomic mass is 10.0. The van der Waals surface area contributed by atoms with E-state index >= 15 is 0 Å². The molecule has 0 spiro atoms. The summed E-state index contributed by atoms with van der Waals surface area (Å²) < 4.78 is 0. The Morgan fingerprint density at radius 3 is 2.25 bits per heavy atom. The van der Waals surface area contributed by atoms with Crippen LogP contribution in [0.25, 0.3) is 0 Å². The number of aryl methyl sites for hydroxylation is 2. The Morgan fingerprint density at radius 1 is 0.964 bits per heavy atom. The average molecular weight is 377 g/mol. The molecule has 3 aliphatic rings. The van der Waals surface area contributed by atoms with Crippen molar-refractivity contribution in [3.8, 4) is 0 Å². The van der Waals surface area contributed by atoms with Crippen molar-refractivity contribution in [2.45, 2.75) is 50.6 Å². The number of hydrogen-bond acceptors (Lipinski definition) is 3. The van der Waals surface area contributed by atoms with Crippen LogP contribution in [0.5, 0.6) is 0 Å². The number of fused-ring (bicyclic) bond motifs is 2. The van der Waals surface area contributed by atoms with Gasteiger partial charge in [0.2, 0.25) is 0 Å². The van der Waals surface area contributed by atoms with E-state index in [4.69, 9.17) is 0 Å². The van der Waals surface area contributed by atoms with Gasteiger partial charge in [-0.25, -0.2) is 0 Å². The van der Waals surface area contributed by atoms with E-state index in [1.54, 1.807) is 0 Å². The van der Waals surface area contributed by atoms with E-state index in [-0.39, 0.29) is 6.04 Å². The van der Waals surface area contributed by atoms with Gasteiger partial charge in [0.15, 0.2) is 0 Å². The molecule has 2 aliphatic heterocycles. The topological polar surface area (TPSA) is 43.8 Å². The smallest absolute Gasteiger partial charge is 0.320 e. The van der Waals surface area contributed by atoms with E-state index in [1.165, 1.54) is 22.5 Å². The van der Waals surface area contributed by atoms with Gasteiger partial charge in [-0.15, -0.1) is 0 Å². The predicted octanol–water partition coefficient (Wildman–Crippen LogP) is 4.25. The zero-order valence-corrected chi connectivity index (χ0v) is 16.3. The van der Waals surface area contributed by atoms with Crippen LogP contribution in [-0.2, 0) is 17.6 Å². The number of nitrogens with zero attached hydrogens (tertiary/aromatic N) is 2. The zero-order chi connectivity index (χ0) is 19.1. The highest BCUT2D eigenvalue weighted by Crippen LogP contribution is 2.47. The molecule has 0 amide bonds. The highest BCUT2D eigenvalue weighted by Gasteiger charge is 2.46. The molecule has 0 aromatic heterocycles. The van der Waals surface area contributed by atoms with Crippen molar-refractivity contribution in [1.82, 2.24) is 4.90 Å². The van der Waals surface area contributed by atoms with Gasteiger partial charge < -0.3 is 10.0 Å². The van der Waals surface area contributed by atoms with E-state index in [1.807, 2.05) is 0 Å². The van der Waals surface area contributed by atoms with Crippen LogP contribution in [0.2, 0.25) is 0 Å². The summed E-state index contributed by atoms with van der Waals surface area (Å²) in [7, 11) is 0. The number of rotatable bonds is 4. The number of carbonyl (C=O) groups is 1.